The van der Waals surface area contributed by atoms with E-state index in [4.69, 9.17) is 16.2 Å². The van der Waals surface area contributed by atoms with Gasteiger partial charge in [-0.1, -0.05) is 23.7 Å². The molecule has 0 radical (unpaired) electrons. The summed E-state index contributed by atoms with van der Waals surface area (Å²) >= 11 is 0. The topological polar surface area (TPSA) is 78.3 Å². The summed E-state index contributed by atoms with van der Waals surface area (Å²) in [6.45, 7) is 0.747. The molecule has 0 bridgehead atoms. The number of carbonyl (C=O) groups is 1. The molecule has 4 heteroatoms. The highest BCUT2D eigenvalue weighted by Crippen LogP contribution is 2.12. The van der Waals surface area contributed by atoms with E-state index < -0.39 is 5.97 Å². The van der Waals surface area contributed by atoms with Gasteiger partial charge >= 0.3 is 5.97 Å². The molecular formula is C15H16N2O2. The SMILES string of the molecule is COC(=O)c1ccc(C#CCCN)cc1C#CCN. The van der Waals surface area contributed by atoms with Gasteiger partial charge in [-0.3, -0.25) is 0 Å². The zero-order valence-electron chi connectivity index (χ0n) is 10.8. The Morgan fingerprint density at radius 2 is 2.05 bits per heavy atom. The lowest BCUT2D eigenvalue weighted by atomic mass is 10.0. The first-order valence-corrected chi connectivity index (χ1v) is 5.83. The number of carbonyl (C=O) groups excluding carboxylic acids is 1. The van der Waals surface area contributed by atoms with Crippen molar-refractivity contribution in [3.63, 3.8) is 0 Å². The third-order valence-corrected chi connectivity index (χ3v) is 2.25. The van der Waals surface area contributed by atoms with Crippen LogP contribution in [0.1, 0.15) is 27.9 Å². The predicted octanol–water partition coefficient (Wildman–Crippen LogP) is 0.484. The molecule has 0 spiro atoms. The lowest BCUT2D eigenvalue weighted by Gasteiger charge is -2.03. The zero-order chi connectivity index (χ0) is 14.1. The molecule has 0 unspecified atom stereocenters. The van der Waals surface area contributed by atoms with Gasteiger partial charge in [0.2, 0.25) is 0 Å². The lowest BCUT2D eigenvalue weighted by molar-refractivity contribution is 0.0600. The van der Waals surface area contributed by atoms with Crippen LogP contribution in [0.2, 0.25) is 0 Å². The first-order chi connectivity index (χ1) is 9.22. The maximum absolute atomic E-state index is 11.6. The number of ether oxygens (including phenoxy) is 1. The van der Waals surface area contributed by atoms with Crippen molar-refractivity contribution >= 4 is 5.97 Å². The molecule has 1 aromatic rings. The Balaban J connectivity index is 3.16. The summed E-state index contributed by atoms with van der Waals surface area (Å²) in [6, 6.07) is 5.15. The van der Waals surface area contributed by atoms with Crippen LogP contribution >= 0.6 is 0 Å². The maximum Gasteiger partial charge on any atom is 0.339 e. The molecule has 19 heavy (non-hydrogen) atoms. The van der Waals surface area contributed by atoms with Gasteiger partial charge in [0.05, 0.1) is 19.2 Å². The van der Waals surface area contributed by atoms with Crippen LogP contribution in [0.25, 0.3) is 0 Å². The molecule has 1 aromatic carbocycles. The lowest BCUT2D eigenvalue weighted by Crippen LogP contribution is -2.04. The van der Waals surface area contributed by atoms with Crippen molar-refractivity contribution in [1.82, 2.24) is 0 Å². The van der Waals surface area contributed by atoms with E-state index in [1.807, 2.05) is 0 Å². The van der Waals surface area contributed by atoms with Crippen molar-refractivity contribution in [2.75, 3.05) is 20.2 Å². The number of benzene rings is 1. The van der Waals surface area contributed by atoms with E-state index in [9.17, 15) is 4.79 Å². The number of hydrogen-bond donors (Lipinski definition) is 2. The Kier molecular flexibility index (Phi) is 6.18. The summed E-state index contributed by atoms with van der Waals surface area (Å²) in [6.07, 6.45) is 0.628. The number of methoxy groups -OCH3 is 1. The first kappa shape index (κ1) is 14.8. The molecule has 0 atom stereocenters. The smallest absolute Gasteiger partial charge is 0.339 e. The van der Waals surface area contributed by atoms with E-state index in [0.717, 1.165) is 5.56 Å². The number of rotatable bonds is 2. The maximum atomic E-state index is 11.6. The van der Waals surface area contributed by atoms with Crippen molar-refractivity contribution in [2.24, 2.45) is 11.5 Å². The molecule has 0 saturated heterocycles. The van der Waals surface area contributed by atoms with Gasteiger partial charge in [-0.2, -0.15) is 0 Å². The second kappa shape index (κ2) is 7.94. The zero-order valence-corrected chi connectivity index (χ0v) is 10.8. The second-order valence-corrected chi connectivity index (χ2v) is 3.60. The van der Waals surface area contributed by atoms with Crippen molar-refractivity contribution in [2.45, 2.75) is 6.42 Å². The van der Waals surface area contributed by atoms with Crippen molar-refractivity contribution in [1.29, 1.82) is 0 Å². The molecule has 0 aliphatic heterocycles. The van der Waals surface area contributed by atoms with Gasteiger partial charge in [0.1, 0.15) is 0 Å². The standard InChI is InChI=1S/C15H16N2O2/c1-19-15(18)14-8-7-12(5-2-3-9-16)11-13(14)6-4-10-17/h7-8,11H,3,9-10,16-17H2,1H3. The van der Waals surface area contributed by atoms with Gasteiger partial charge < -0.3 is 16.2 Å². The normalized spacial score (nSPS) is 8.79. The minimum Gasteiger partial charge on any atom is -0.465 e. The molecule has 0 aliphatic carbocycles. The average Bonchev–Trinajstić information content (AvgIpc) is 2.44. The van der Waals surface area contributed by atoms with Crippen molar-refractivity contribution < 1.29 is 9.53 Å². The van der Waals surface area contributed by atoms with Gasteiger partial charge in [0.25, 0.3) is 0 Å². The first-order valence-electron chi connectivity index (χ1n) is 5.83. The highest BCUT2D eigenvalue weighted by atomic mass is 16.5. The summed E-state index contributed by atoms with van der Waals surface area (Å²) in [4.78, 5) is 11.6. The molecule has 0 aromatic heterocycles. The van der Waals surface area contributed by atoms with Crippen LogP contribution in [-0.2, 0) is 4.74 Å². The molecule has 4 N–H and O–H groups in total. The number of nitrogens with two attached hydrogens (primary N) is 2. The Labute approximate surface area is 113 Å². The van der Waals surface area contributed by atoms with E-state index in [2.05, 4.69) is 23.7 Å². The molecule has 0 fully saturated rings. The Bertz CT molecular complexity index is 571. The van der Waals surface area contributed by atoms with Gasteiger partial charge in [0.15, 0.2) is 0 Å². The van der Waals surface area contributed by atoms with Crippen LogP contribution in [0.5, 0.6) is 0 Å². The molecule has 98 valence electrons. The number of esters is 1. The van der Waals surface area contributed by atoms with E-state index in [0.29, 0.717) is 24.1 Å². The minimum atomic E-state index is -0.428. The van der Waals surface area contributed by atoms with Crippen molar-refractivity contribution in [3.05, 3.63) is 34.9 Å². The third kappa shape index (κ3) is 4.48. The fourth-order valence-electron chi connectivity index (χ4n) is 1.40. The molecule has 0 aliphatic rings. The van der Waals surface area contributed by atoms with E-state index in [-0.39, 0.29) is 6.54 Å². The van der Waals surface area contributed by atoms with Crippen molar-refractivity contribution in [3.8, 4) is 23.7 Å². The molecule has 1 rings (SSSR count). The van der Waals surface area contributed by atoms with Crippen LogP contribution in [0.3, 0.4) is 0 Å². The largest absolute Gasteiger partial charge is 0.465 e. The van der Waals surface area contributed by atoms with E-state index in [1.54, 1.807) is 18.2 Å². The van der Waals surface area contributed by atoms with Gasteiger partial charge in [-0.25, -0.2) is 4.79 Å². The molecular weight excluding hydrogens is 240 g/mol. The molecule has 0 heterocycles. The predicted molar refractivity (Wildman–Crippen MR) is 74.3 cm³/mol. The van der Waals surface area contributed by atoms with Crippen LogP contribution in [-0.4, -0.2) is 26.2 Å². The molecule has 4 nitrogen and oxygen atoms in total. The Hall–Kier alpha value is -2.27. The summed E-state index contributed by atoms with van der Waals surface area (Å²) in [5, 5.41) is 0. The van der Waals surface area contributed by atoms with Gasteiger partial charge in [-0.15, -0.1) is 0 Å². The Morgan fingerprint density at radius 1 is 1.26 bits per heavy atom. The van der Waals surface area contributed by atoms with Crippen LogP contribution in [0.15, 0.2) is 18.2 Å². The summed E-state index contributed by atoms with van der Waals surface area (Å²) < 4.78 is 4.70. The monoisotopic (exact) mass is 256 g/mol. The molecule has 0 saturated carbocycles. The van der Waals surface area contributed by atoms with Gasteiger partial charge in [-0.05, 0) is 18.2 Å². The van der Waals surface area contributed by atoms with Gasteiger partial charge in [0, 0.05) is 24.1 Å². The highest BCUT2D eigenvalue weighted by molar-refractivity contribution is 5.92. The highest BCUT2D eigenvalue weighted by Gasteiger charge is 2.10. The fraction of sp³-hybridized carbons (Fsp3) is 0.267. The summed E-state index contributed by atoms with van der Waals surface area (Å²) in [7, 11) is 1.33. The molecule has 0 amide bonds. The summed E-state index contributed by atoms with van der Waals surface area (Å²) in [5.74, 6) is 11.0. The summed E-state index contributed by atoms with van der Waals surface area (Å²) in [5.41, 5.74) is 12.5. The average molecular weight is 256 g/mol. The van der Waals surface area contributed by atoms with Crippen LogP contribution in [0.4, 0.5) is 0 Å². The number of hydrogen-bond acceptors (Lipinski definition) is 4. The minimum absolute atomic E-state index is 0.226. The van der Waals surface area contributed by atoms with Crippen LogP contribution in [0, 0.1) is 23.7 Å². The fourth-order valence-corrected chi connectivity index (χ4v) is 1.40. The third-order valence-electron chi connectivity index (χ3n) is 2.25. The Morgan fingerprint density at radius 3 is 2.68 bits per heavy atom. The van der Waals surface area contributed by atoms with Crippen LogP contribution < -0.4 is 11.5 Å². The second-order valence-electron chi connectivity index (χ2n) is 3.60. The quantitative estimate of drug-likeness (QED) is 0.596. The van der Waals surface area contributed by atoms with E-state index in [1.165, 1.54) is 7.11 Å². The van der Waals surface area contributed by atoms with E-state index >= 15 is 0 Å².